The second kappa shape index (κ2) is 7.47. The minimum absolute atomic E-state index is 0.172. The average molecular weight is 253 g/mol. The van der Waals surface area contributed by atoms with Crippen LogP contribution in [0.1, 0.15) is 32.5 Å². The zero-order chi connectivity index (χ0) is 13.4. The van der Waals surface area contributed by atoms with Gasteiger partial charge in [-0.15, -0.1) is 0 Å². The van der Waals surface area contributed by atoms with E-state index in [1.54, 1.807) is 6.92 Å². The van der Waals surface area contributed by atoms with Crippen molar-refractivity contribution in [2.75, 3.05) is 18.5 Å². The van der Waals surface area contributed by atoms with Crippen LogP contribution >= 0.6 is 0 Å². The van der Waals surface area contributed by atoms with Crippen LogP contribution in [0.2, 0.25) is 0 Å². The van der Waals surface area contributed by atoms with Crippen LogP contribution in [0.25, 0.3) is 0 Å². The van der Waals surface area contributed by atoms with E-state index in [1.165, 1.54) is 6.07 Å². The van der Waals surface area contributed by atoms with E-state index < -0.39 is 0 Å². The first-order valence-electron chi connectivity index (χ1n) is 6.15. The van der Waals surface area contributed by atoms with Crippen LogP contribution in [0.4, 0.5) is 5.82 Å². The standard InChI is InChI=1S/C12H19N3O3/c1-3-9-14-10(8-11(16)15-9)13-7-5-6-12(17)18-4-2/h8H,3-7H2,1-2H3,(H2,13,14,15,16). The number of carbonyl (C=O) groups is 1. The zero-order valence-electron chi connectivity index (χ0n) is 10.8. The summed E-state index contributed by atoms with van der Waals surface area (Å²) in [5.74, 6) is 0.988. The zero-order valence-corrected chi connectivity index (χ0v) is 10.8. The van der Waals surface area contributed by atoms with E-state index in [0.717, 1.165) is 0 Å². The van der Waals surface area contributed by atoms with Gasteiger partial charge >= 0.3 is 5.97 Å². The molecule has 1 aromatic heterocycles. The first kappa shape index (κ1) is 14.2. The van der Waals surface area contributed by atoms with Gasteiger partial charge in [-0.25, -0.2) is 4.98 Å². The smallest absolute Gasteiger partial charge is 0.305 e. The summed E-state index contributed by atoms with van der Waals surface area (Å²) in [5, 5.41) is 3.02. The number of aryl methyl sites for hydroxylation is 1. The summed E-state index contributed by atoms with van der Waals surface area (Å²) in [7, 11) is 0. The molecule has 0 aliphatic carbocycles. The topological polar surface area (TPSA) is 84.1 Å². The van der Waals surface area contributed by atoms with Gasteiger partial charge in [0.25, 0.3) is 5.56 Å². The molecule has 6 heteroatoms. The lowest BCUT2D eigenvalue weighted by molar-refractivity contribution is -0.143. The van der Waals surface area contributed by atoms with E-state index in [9.17, 15) is 9.59 Å². The molecule has 0 spiro atoms. The van der Waals surface area contributed by atoms with Crippen molar-refractivity contribution in [2.45, 2.75) is 33.1 Å². The van der Waals surface area contributed by atoms with Crippen molar-refractivity contribution in [3.05, 3.63) is 22.2 Å². The normalized spacial score (nSPS) is 10.1. The van der Waals surface area contributed by atoms with Gasteiger partial charge in [-0.3, -0.25) is 9.59 Å². The molecule has 0 saturated heterocycles. The molecule has 100 valence electrons. The number of aromatic nitrogens is 2. The minimum Gasteiger partial charge on any atom is -0.466 e. The Kier molecular flexibility index (Phi) is 5.90. The molecule has 0 aliphatic rings. The molecule has 2 N–H and O–H groups in total. The number of carbonyl (C=O) groups excluding carboxylic acids is 1. The minimum atomic E-state index is -0.201. The number of nitrogens with zero attached hydrogens (tertiary/aromatic N) is 1. The largest absolute Gasteiger partial charge is 0.466 e. The lowest BCUT2D eigenvalue weighted by Crippen LogP contribution is -2.14. The molecule has 6 nitrogen and oxygen atoms in total. The summed E-state index contributed by atoms with van der Waals surface area (Å²) in [6.45, 7) is 4.69. The first-order chi connectivity index (χ1) is 8.65. The fraction of sp³-hybridized carbons (Fsp3) is 0.583. The van der Waals surface area contributed by atoms with Crippen molar-refractivity contribution in [1.82, 2.24) is 9.97 Å². The van der Waals surface area contributed by atoms with E-state index in [-0.39, 0.29) is 11.5 Å². The van der Waals surface area contributed by atoms with Crippen molar-refractivity contribution < 1.29 is 9.53 Å². The predicted octanol–water partition coefficient (Wildman–Crippen LogP) is 1.09. The third-order valence-corrected chi connectivity index (χ3v) is 2.29. The molecule has 18 heavy (non-hydrogen) atoms. The number of hydrogen-bond donors (Lipinski definition) is 2. The molecule has 0 aliphatic heterocycles. The summed E-state index contributed by atoms with van der Waals surface area (Å²) in [6, 6.07) is 1.41. The maximum Gasteiger partial charge on any atom is 0.305 e. The second-order valence-electron chi connectivity index (χ2n) is 3.77. The molecule has 0 radical (unpaired) electrons. The number of rotatable bonds is 7. The van der Waals surface area contributed by atoms with E-state index in [2.05, 4.69) is 15.3 Å². The van der Waals surface area contributed by atoms with Gasteiger partial charge < -0.3 is 15.0 Å². The highest BCUT2D eigenvalue weighted by Gasteiger charge is 2.02. The highest BCUT2D eigenvalue weighted by Crippen LogP contribution is 2.01. The average Bonchev–Trinajstić information content (AvgIpc) is 2.34. The molecule has 1 rings (SSSR count). The number of esters is 1. The van der Waals surface area contributed by atoms with Crippen LogP contribution in [0.5, 0.6) is 0 Å². The van der Waals surface area contributed by atoms with Crippen LogP contribution in [-0.4, -0.2) is 29.1 Å². The molecule has 0 saturated carbocycles. The molecular weight excluding hydrogens is 234 g/mol. The summed E-state index contributed by atoms with van der Waals surface area (Å²) in [5.41, 5.74) is -0.172. The molecule has 0 aromatic carbocycles. The fourth-order valence-corrected chi connectivity index (χ4v) is 1.45. The van der Waals surface area contributed by atoms with Gasteiger partial charge in [0.05, 0.1) is 6.61 Å². The fourth-order valence-electron chi connectivity index (χ4n) is 1.45. The summed E-state index contributed by atoms with van der Waals surface area (Å²) in [4.78, 5) is 29.2. The monoisotopic (exact) mass is 253 g/mol. The summed E-state index contributed by atoms with van der Waals surface area (Å²) in [6.07, 6.45) is 1.69. The van der Waals surface area contributed by atoms with Gasteiger partial charge in [-0.2, -0.15) is 0 Å². The van der Waals surface area contributed by atoms with E-state index in [0.29, 0.717) is 44.1 Å². The maximum atomic E-state index is 11.3. The van der Waals surface area contributed by atoms with E-state index >= 15 is 0 Å². The van der Waals surface area contributed by atoms with Gasteiger partial charge in [-0.05, 0) is 13.3 Å². The molecule has 0 bridgehead atoms. The Labute approximate surface area is 106 Å². The number of nitrogens with one attached hydrogen (secondary N) is 2. The third kappa shape index (κ3) is 4.99. The number of H-pyrrole nitrogens is 1. The number of hydrogen-bond acceptors (Lipinski definition) is 5. The lowest BCUT2D eigenvalue weighted by atomic mass is 10.3. The molecule has 0 unspecified atom stereocenters. The van der Waals surface area contributed by atoms with Gasteiger partial charge in [-0.1, -0.05) is 6.92 Å². The summed E-state index contributed by atoms with van der Waals surface area (Å²) >= 11 is 0. The van der Waals surface area contributed by atoms with Crippen molar-refractivity contribution in [3.63, 3.8) is 0 Å². The van der Waals surface area contributed by atoms with Crippen LogP contribution < -0.4 is 10.9 Å². The molecule has 1 heterocycles. The van der Waals surface area contributed by atoms with Crippen LogP contribution in [-0.2, 0) is 16.0 Å². The van der Waals surface area contributed by atoms with E-state index in [4.69, 9.17) is 4.74 Å². The van der Waals surface area contributed by atoms with Gasteiger partial charge in [0.2, 0.25) is 0 Å². The Morgan fingerprint density at radius 1 is 1.50 bits per heavy atom. The maximum absolute atomic E-state index is 11.3. The number of aromatic amines is 1. The van der Waals surface area contributed by atoms with E-state index in [1.807, 2.05) is 6.92 Å². The molecular formula is C12H19N3O3. The van der Waals surface area contributed by atoms with Crippen molar-refractivity contribution >= 4 is 11.8 Å². The second-order valence-corrected chi connectivity index (χ2v) is 3.77. The summed E-state index contributed by atoms with van der Waals surface area (Å²) < 4.78 is 4.81. The highest BCUT2D eigenvalue weighted by atomic mass is 16.5. The Bertz CT molecular complexity index is 442. The molecule has 0 atom stereocenters. The Morgan fingerprint density at radius 3 is 2.94 bits per heavy atom. The predicted molar refractivity (Wildman–Crippen MR) is 68.6 cm³/mol. The van der Waals surface area contributed by atoms with Crippen molar-refractivity contribution in [3.8, 4) is 0 Å². The quantitative estimate of drug-likeness (QED) is 0.561. The SMILES string of the molecule is CCOC(=O)CCCNc1cc(=O)[nH]c(CC)n1. The molecule has 0 fully saturated rings. The Hall–Kier alpha value is -1.85. The van der Waals surface area contributed by atoms with Crippen molar-refractivity contribution in [2.24, 2.45) is 0 Å². The molecule has 1 aromatic rings. The number of anilines is 1. The number of ether oxygens (including phenoxy) is 1. The van der Waals surface area contributed by atoms with Gasteiger partial charge in [0, 0.05) is 25.5 Å². The third-order valence-electron chi connectivity index (χ3n) is 2.29. The lowest BCUT2D eigenvalue weighted by Gasteiger charge is -2.06. The first-order valence-corrected chi connectivity index (χ1v) is 6.15. The van der Waals surface area contributed by atoms with Gasteiger partial charge in [0.15, 0.2) is 0 Å². The highest BCUT2D eigenvalue weighted by molar-refractivity contribution is 5.69. The van der Waals surface area contributed by atoms with Crippen LogP contribution in [0.15, 0.2) is 10.9 Å². The van der Waals surface area contributed by atoms with Gasteiger partial charge in [0.1, 0.15) is 11.6 Å². The molecule has 0 amide bonds. The Balaban J connectivity index is 2.37. The van der Waals surface area contributed by atoms with Crippen molar-refractivity contribution in [1.29, 1.82) is 0 Å². The Morgan fingerprint density at radius 2 is 2.28 bits per heavy atom. The van der Waals surface area contributed by atoms with Crippen LogP contribution in [0.3, 0.4) is 0 Å². The van der Waals surface area contributed by atoms with Crippen LogP contribution in [0, 0.1) is 0 Å².